The Bertz CT molecular complexity index is 832. The van der Waals surface area contributed by atoms with Gasteiger partial charge in [-0.2, -0.15) is 5.10 Å². The van der Waals surface area contributed by atoms with Crippen LogP contribution >= 0.6 is 0 Å². The van der Waals surface area contributed by atoms with Gasteiger partial charge in [0.1, 0.15) is 17.5 Å². The molecule has 0 spiro atoms. The van der Waals surface area contributed by atoms with Crippen LogP contribution in [0.4, 0.5) is 0 Å². The molecule has 1 unspecified atom stereocenters. The molecule has 2 amide bonds. The van der Waals surface area contributed by atoms with Gasteiger partial charge in [-0.05, 0) is 42.3 Å². The van der Waals surface area contributed by atoms with Crippen molar-refractivity contribution in [2.24, 2.45) is 11.0 Å². The molecule has 0 aliphatic carbocycles. The summed E-state index contributed by atoms with van der Waals surface area (Å²) in [6.07, 6.45) is 1.50. The number of hydrogen-bond acceptors (Lipinski definition) is 5. The van der Waals surface area contributed by atoms with Crippen LogP contribution in [0.2, 0.25) is 0 Å². The van der Waals surface area contributed by atoms with Gasteiger partial charge in [0.2, 0.25) is 0 Å². The predicted octanol–water partition coefficient (Wildman–Crippen LogP) is 2.61. The maximum absolute atomic E-state index is 12.5. The fourth-order valence-electron chi connectivity index (χ4n) is 2.51. The Labute approximate surface area is 164 Å². The maximum Gasteiger partial charge on any atom is 0.262 e. The quantitative estimate of drug-likeness (QED) is 0.542. The number of nitrogens with one attached hydrogen (secondary N) is 2. The van der Waals surface area contributed by atoms with E-state index in [1.54, 1.807) is 44.6 Å². The van der Waals surface area contributed by atoms with Crippen LogP contribution in [0, 0.1) is 5.92 Å². The van der Waals surface area contributed by atoms with E-state index in [-0.39, 0.29) is 11.8 Å². The van der Waals surface area contributed by atoms with Gasteiger partial charge in [0.15, 0.2) is 0 Å². The number of hydrogen-bond donors (Lipinski definition) is 2. The summed E-state index contributed by atoms with van der Waals surface area (Å²) in [6.45, 7) is 3.70. The third-order valence-electron chi connectivity index (χ3n) is 4.11. The molecule has 0 bridgehead atoms. The minimum atomic E-state index is -0.732. The molecule has 2 N–H and O–H groups in total. The molecule has 0 aliphatic rings. The van der Waals surface area contributed by atoms with Crippen molar-refractivity contribution >= 4 is 18.0 Å². The third kappa shape index (κ3) is 5.57. The van der Waals surface area contributed by atoms with Crippen molar-refractivity contribution in [1.82, 2.24) is 10.7 Å². The molecule has 0 heterocycles. The largest absolute Gasteiger partial charge is 0.497 e. The zero-order valence-electron chi connectivity index (χ0n) is 16.4. The van der Waals surface area contributed by atoms with E-state index in [2.05, 4.69) is 15.8 Å². The Hall–Kier alpha value is -3.35. The molecule has 148 valence electrons. The molecule has 2 aromatic carbocycles. The number of nitrogens with zero attached hydrogens (tertiary/aromatic N) is 1. The molecule has 0 aromatic heterocycles. The van der Waals surface area contributed by atoms with Crippen molar-refractivity contribution in [3.63, 3.8) is 0 Å². The molecular weight excluding hydrogens is 358 g/mol. The summed E-state index contributed by atoms with van der Waals surface area (Å²) in [5, 5.41) is 6.73. The second-order valence-electron chi connectivity index (χ2n) is 6.40. The highest BCUT2D eigenvalue weighted by atomic mass is 16.5. The highest BCUT2D eigenvalue weighted by Crippen LogP contribution is 2.15. The molecule has 28 heavy (non-hydrogen) atoms. The van der Waals surface area contributed by atoms with Gasteiger partial charge in [-0.3, -0.25) is 9.59 Å². The topological polar surface area (TPSA) is 89.0 Å². The van der Waals surface area contributed by atoms with Crippen molar-refractivity contribution in [1.29, 1.82) is 0 Å². The van der Waals surface area contributed by atoms with Crippen LogP contribution in [-0.4, -0.2) is 38.3 Å². The summed E-state index contributed by atoms with van der Waals surface area (Å²) in [5.74, 6) is 0.436. The zero-order valence-corrected chi connectivity index (χ0v) is 16.4. The normalized spacial score (nSPS) is 11.9. The number of para-hydroxylation sites is 1. The fourth-order valence-corrected chi connectivity index (χ4v) is 2.51. The summed E-state index contributed by atoms with van der Waals surface area (Å²) >= 11 is 0. The number of amides is 2. The molecule has 2 rings (SSSR count). The molecule has 0 radical (unpaired) electrons. The number of ether oxygens (including phenoxy) is 2. The summed E-state index contributed by atoms with van der Waals surface area (Å²) < 4.78 is 10.3. The Morgan fingerprint density at radius 3 is 2.29 bits per heavy atom. The minimum Gasteiger partial charge on any atom is -0.497 e. The zero-order chi connectivity index (χ0) is 20.5. The van der Waals surface area contributed by atoms with E-state index in [9.17, 15) is 9.59 Å². The fraction of sp³-hybridized carbons (Fsp3) is 0.286. The monoisotopic (exact) mass is 383 g/mol. The van der Waals surface area contributed by atoms with Gasteiger partial charge in [0.05, 0.1) is 20.4 Å². The second-order valence-corrected chi connectivity index (χ2v) is 6.40. The molecule has 0 saturated heterocycles. The average molecular weight is 383 g/mol. The summed E-state index contributed by atoms with van der Waals surface area (Å²) in [6, 6.07) is 13.2. The lowest BCUT2D eigenvalue weighted by molar-refractivity contribution is -0.123. The van der Waals surface area contributed by atoms with Crippen LogP contribution in [0.5, 0.6) is 11.5 Å². The Morgan fingerprint density at radius 2 is 1.68 bits per heavy atom. The van der Waals surface area contributed by atoms with E-state index >= 15 is 0 Å². The van der Waals surface area contributed by atoms with E-state index < -0.39 is 11.9 Å². The lowest BCUT2D eigenvalue weighted by atomic mass is 10.0. The van der Waals surface area contributed by atoms with Crippen molar-refractivity contribution in [2.75, 3.05) is 14.2 Å². The number of rotatable bonds is 8. The molecule has 0 aliphatic heterocycles. The first kappa shape index (κ1) is 21.0. The minimum absolute atomic E-state index is 0.122. The van der Waals surface area contributed by atoms with Gasteiger partial charge in [0, 0.05) is 11.1 Å². The SMILES string of the molecule is COc1ccc(C(=O)NC(C(=O)NN=Cc2ccccc2OC)C(C)C)cc1. The van der Waals surface area contributed by atoms with Crippen LogP contribution in [0.25, 0.3) is 0 Å². The number of carbonyl (C=O) groups excluding carboxylic acids is 2. The van der Waals surface area contributed by atoms with Crippen molar-refractivity contribution < 1.29 is 19.1 Å². The Kier molecular flexibility index (Phi) is 7.56. The lowest BCUT2D eigenvalue weighted by Gasteiger charge is -2.20. The smallest absolute Gasteiger partial charge is 0.262 e. The van der Waals surface area contributed by atoms with E-state index in [4.69, 9.17) is 9.47 Å². The molecule has 7 nitrogen and oxygen atoms in total. The van der Waals surface area contributed by atoms with Crippen molar-refractivity contribution in [2.45, 2.75) is 19.9 Å². The van der Waals surface area contributed by atoms with Gasteiger partial charge in [0.25, 0.3) is 11.8 Å². The molecular formula is C21H25N3O4. The maximum atomic E-state index is 12.5. The molecule has 0 saturated carbocycles. The number of methoxy groups -OCH3 is 2. The molecule has 7 heteroatoms. The van der Waals surface area contributed by atoms with E-state index in [0.29, 0.717) is 17.1 Å². The standard InChI is InChI=1S/C21H25N3O4/c1-14(2)19(23-20(25)15-9-11-17(27-3)12-10-15)21(26)24-22-13-16-7-5-6-8-18(16)28-4/h5-14,19H,1-4H3,(H,23,25)(H,24,26). The first-order chi connectivity index (χ1) is 13.5. The van der Waals surface area contributed by atoms with Crippen LogP contribution in [-0.2, 0) is 4.79 Å². The Balaban J connectivity index is 2.02. The van der Waals surface area contributed by atoms with Crippen LogP contribution < -0.4 is 20.2 Å². The molecule has 1 atom stereocenters. The van der Waals surface area contributed by atoms with Crippen LogP contribution in [0.1, 0.15) is 29.8 Å². The van der Waals surface area contributed by atoms with E-state index in [1.807, 2.05) is 32.0 Å². The van der Waals surface area contributed by atoms with Crippen LogP contribution in [0.15, 0.2) is 53.6 Å². The average Bonchev–Trinajstić information content (AvgIpc) is 2.71. The number of hydrazone groups is 1. The Morgan fingerprint density at radius 1 is 1.00 bits per heavy atom. The van der Waals surface area contributed by atoms with Gasteiger partial charge in [-0.15, -0.1) is 0 Å². The number of carbonyl (C=O) groups is 2. The summed E-state index contributed by atoms with van der Waals surface area (Å²) in [5.41, 5.74) is 3.65. The van der Waals surface area contributed by atoms with Crippen molar-refractivity contribution in [3.05, 3.63) is 59.7 Å². The first-order valence-corrected chi connectivity index (χ1v) is 8.87. The van der Waals surface area contributed by atoms with Crippen molar-refractivity contribution in [3.8, 4) is 11.5 Å². The molecule has 2 aromatic rings. The van der Waals surface area contributed by atoms with E-state index in [0.717, 1.165) is 5.56 Å². The molecule has 0 fully saturated rings. The first-order valence-electron chi connectivity index (χ1n) is 8.87. The summed E-state index contributed by atoms with van der Waals surface area (Å²) in [7, 11) is 3.12. The van der Waals surface area contributed by atoms with Gasteiger partial charge in [-0.25, -0.2) is 5.43 Å². The predicted molar refractivity (Wildman–Crippen MR) is 108 cm³/mol. The van der Waals surface area contributed by atoms with Crippen LogP contribution in [0.3, 0.4) is 0 Å². The summed E-state index contributed by atoms with van der Waals surface area (Å²) in [4.78, 5) is 25.0. The lowest BCUT2D eigenvalue weighted by Crippen LogP contribution is -2.48. The van der Waals surface area contributed by atoms with Gasteiger partial charge < -0.3 is 14.8 Å². The van der Waals surface area contributed by atoms with E-state index in [1.165, 1.54) is 6.21 Å². The second kappa shape index (κ2) is 10.1. The van der Waals surface area contributed by atoms with Gasteiger partial charge >= 0.3 is 0 Å². The third-order valence-corrected chi connectivity index (χ3v) is 4.11. The highest BCUT2D eigenvalue weighted by Gasteiger charge is 2.24. The number of benzene rings is 2. The highest BCUT2D eigenvalue weighted by molar-refractivity contribution is 5.97. The van der Waals surface area contributed by atoms with Gasteiger partial charge in [-0.1, -0.05) is 26.0 Å².